The summed E-state index contributed by atoms with van der Waals surface area (Å²) in [6.07, 6.45) is 0.953. The lowest BCUT2D eigenvalue weighted by atomic mass is 10.1. The van der Waals surface area contributed by atoms with Gasteiger partial charge in [-0.15, -0.1) is 0 Å². The van der Waals surface area contributed by atoms with Crippen molar-refractivity contribution in [3.8, 4) is 0 Å². The van der Waals surface area contributed by atoms with E-state index in [0.717, 1.165) is 6.42 Å². The predicted molar refractivity (Wildman–Crippen MR) is 47.2 cm³/mol. The number of rotatable bonds is 3. The van der Waals surface area contributed by atoms with Crippen LogP contribution in [0.25, 0.3) is 0 Å². The van der Waals surface area contributed by atoms with Crippen molar-refractivity contribution in [3.05, 3.63) is 35.9 Å². The zero-order valence-electron chi connectivity index (χ0n) is 6.75. The number of likely N-dealkylation sites (N-methyl/N-ethyl adjacent to an activating group) is 1. The van der Waals surface area contributed by atoms with Crippen LogP contribution in [0.5, 0.6) is 0 Å². The van der Waals surface area contributed by atoms with Gasteiger partial charge < -0.3 is 11.1 Å². The van der Waals surface area contributed by atoms with E-state index < -0.39 is 0 Å². The highest BCUT2D eigenvalue weighted by Crippen LogP contribution is 1.99. The molecule has 11 heavy (non-hydrogen) atoms. The van der Waals surface area contributed by atoms with Crippen LogP contribution in [0.4, 0.5) is 0 Å². The van der Waals surface area contributed by atoms with Crippen LogP contribution in [0, 0.1) is 0 Å². The average Bonchev–Trinajstić information content (AvgIpc) is 2.06. The molecule has 1 aromatic rings. The molecule has 0 amide bonds. The van der Waals surface area contributed by atoms with Crippen molar-refractivity contribution in [2.45, 2.75) is 12.6 Å². The largest absolute Gasteiger partial charge is 0.316 e. The maximum Gasteiger partial charge on any atom is 0.0585 e. The number of nitrogens with two attached hydrogens (primary N) is 1. The Balaban J connectivity index is 2.51. The van der Waals surface area contributed by atoms with Crippen LogP contribution in [-0.2, 0) is 6.42 Å². The van der Waals surface area contributed by atoms with Crippen LogP contribution < -0.4 is 11.1 Å². The summed E-state index contributed by atoms with van der Waals surface area (Å²) in [5.41, 5.74) is 6.97. The molecule has 1 atom stereocenters. The molecule has 0 spiro atoms. The summed E-state index contributed by atoms with van der Waals surface area (Å²) in [5, 5.41) is 2.99. The molecule has 0 saturated heterocycles. The van der Waals surface area contributed by atoms with Crippen molar-refractivity contribution in [3.63, 3.8) is 0 Å². The second kappa shape index (κ2) is 4.11. The van der Waals surface area contributed by atoms with E-state index in [1.807, 2.05) is 25.2 Å². The highest BCUT2D eigenvalue weighted by atomic mass is 15.0. The highest BCUT2D eigenvalue weighted by Gasteiger charge is 1.98. The van der Waals surface area contributed by atoms with Gasteiger partial charge in [0, 0.05) is 6.42 Å². The van der Waals surface area contributed by atoms with Gasteiger partial charge in [-0.25, -0.2) is 0 Å². The third kappa shape index (κ3) is 2.70. The first kappa shape index (κ1) is 8.24. The molecule has 0 aromatic heterocycles. The molecule has 3 N–H and O–H groups in total. The Hall–Kier alpha value is -0.860. The fourth-order valence-electron chi connectivity index (χ4n) is 0.970. The van der Waals surface area contributed by atoms with Crippen molar-refractivity contribution < 1.29 is 0 Å². The van der Waals surface area contributed by atoms with Gasteiger partial charge in [0.05, 0.1) is 6.17 Å². The summed E-state index contributed by atoms with van der Waals surface area (Å²) in [4.78, 5) is 0. The van der Waals surface area contributed by atoms with Gasteiger partial charge in [0.2, 0.25) is 0 Å². The first-order valence-electron chi connectivity index (χ1n) is 3.79. The number of benzene rings is 1. The highest BCUT2D eigenvalue weighted by molar-refractivity contribution is 5.15. The first-order chi connectivity index (χ1) is 5.33. The van der Waals surface area contributed by atoms with Gasteiger partial charge in [-0.05, 0) is 12.6 Å². The van der Waals surface area contributed by atoms with Gasteiger partial charge in [0.25, 0.3) is 0 Å². The Morgan fingerprint density at radius 3 is 2.55 bits per heavy atom. The van der Waals surface area contributed by atoms with Crippen LogP contribution in [0.15, 0.2) is 30.3 Å². The summed E-state index contributed by atoms with van der Waals surface area (Å²) in [7, 11) is 1.87. The molecule has 2 nitrogen and oxygen atoms in total. The van der Waals surface area contributed by atoms with Gasteiger partial charge >= 0.3 is 0 Å². The van der Waals surface area contributed by atoms with Gasteiger partial charge in [-0.2, -0.15) is 0 Å². The van der Waals surface area contributed by atoms with E-state index in [4.69, 9.17) is 5.73 Å². The third-order valence-electron chi connectivity index (χ3n) is 1.67. The van der Waals surface area contributed by atoms with Crippen LogP contribution >= 0.6 is 0 Å². The van der Waals surface area contributed by atoms with Crippen molar-refractivity contribution >= 4 is 0 Å². The standard InChI is InChI=1S/C9H14N2/c1-11-9(10)7-8-5-3-2-4-6-8/h2-6,9,11H,7,10H2,1H3. The van der Waals surface area contributed by atoms with E-state index in [9.17, 15) is 0 Å². The molecule has 1 unspecified atom stereocenters. The minimum Gasteiger partial charge on any atom is -0.316 e. The fourth-order valence-corrected chi connectivity index (χ4v) is 0.970. The maximum absolute atomic E-state index is 5.69. The first-order valence-corrected chi connectivity index (χ1v) is 3.79. The molecule has 0 radical (unpaired) electrons. The zero-order valence-corrected chi connectivity index (χ0v) is 6.75. The van der Waals surface area contributed by atoms with Gasteiger partial charge in [0.15, 0.2) is 0 Å². The van der Waals surface area contributed by atoms with Crippen LogP contribution in [0.2, 0.25) is 0 Å². The molecule has 1 aromatic carbocycles. The summed E-state index contributed by atoms with van der Waals surface area (Å²) in [5.74, 6) is 0. The van der Waals surface area contributed by atoms with Crippen molar-refractivity contribution in [2.75, 3.05) is 7.05 Å². The van der Waals surface area contributed by atoms with Crippen LogP contribution in [0.3, 0.4) is 0 Å². The van der Waals surface area contributed by atoms with Crippen LogP contribution in [-0.4, -0.2) is 13.2 Å². The number of nitrogens with one attached hydrogen (secondary N) is 1. The topological polar surface area (TPSA) is 38.0 Å². The Morgan fingerprint density at radius 2 is 2.00 bits per heavy atom. The quantitative estimate of drug-likeness (QED) is 0.623. The molecular formula is C9H14N2. The zero-order chi connectivity index (χ0) is 8.10. The van der Waals surface area contributed by atoms with E-state index in [1.165, 1.54) is 5.56 Å². The molecule has 0 aliphatic carbocycles. The van der Waals surface area contributed by atoms with Gasteiger partial charge in [0.1, 0.15) is 0 Å². The van der Waals surface area contributed by atoms with Crippen molar-refractivity contribution in [1.29, 1.82) is 0 Å². The second-order valence-corrected chi connectivity index (χ2v) is 2.58. The van der Waals surface area contributed by atoms with Crippen molar-refractivity contribution in [1.82, 2.24) is 5.32 Å². The summed E-state index contributed by atoms with van der Waals surface area (Å²) in [6, 6.07) is 10.2. The second-order valence-electron chi connectivity index (χ2n) is 2.58. The van der Waals surface area contributed by atoms with Gasteiger partial charge in [-0.3, -0.25) is 0 Å². The Bertz CT molecular complexity index is 196. The minimum absolute atomic E-state index is 0.0670. The molecule has 1 rings (SSSR count). The smallest absolute Gasteiger partial charge is 0.0585 e. The van der Waals surface area contributed by atoms with E-state index in [2.05, 4.69) is 17.4 Å². The SMILES string of the molecule is CNC(N)Cc1ccccc1. The van der Waals surface area contributed by atoms with E-state index >= 15 is 0 Å². The van der Waals surface area contributed by atoms with E-state index in [-0.39, 0.29) is 6.17 Å². The normalized spacial score (nSPS) is 12.9. The molecule has 0 fully saturated rings. The number of hydrogen-bond donors (Lipinski definition) is 2. The molecule has 0 aliphatic rings. The number of hydrogen-bond acceptors (Lipinski definition) is 2. The lowest BCUT2D eigenvalue weighted by Gasteiger charge is -2.08. The van der Waals surface area contributed by atoms with Gasteiger partial charge in [-0.1, -0.05) is 30.3 Å². The molecule has 0 bridgehead atoms. The fraction of sp³-hybridized carbons (Fsp3) is 0.333. The molecule has 60 valence electrons. The Kier molecular flexibility index (Phi) is 3.08. The molecule has 0 heterocycles. The molecular weight excluding hydrogens is 136 g/mol. The van der Waals surface area contributed by atoms with Crippen molar-refractivity contribution in [2.24, 2.45) is 5.73 Å². The maximum atomic E-state index is 5.69. The van der Waals surface area contributed by atoms with E-state index in [1.54, 1.807) is 0 Å². The average molecular weight is 150 g/mol. The molecule has 2 heteroatoms. The summed E-state index contributed by atoms with van der Waals surface area (Å²) in [6.45, 7) is 0. The van der Waals surface area contributed by atoms with E-state index in [0.29, 0.717) is 0 Å². The predicted octanol–water partition coefficient (Wildman–Crippen LogP) is 0.733. The summed E-state index contributed by atoms with van der Waals surface area (Å²) >= 11 is 0. The minimum atomic E-state index is 0.0670. The van der Waals surface area contributed by atoms with Crippen LogP contribution in [0.1, 0.15) is 5.56 Å². The Labute approximate surface area is 67.4 Å². The summed E-state index contributed by atoms with van der Waals surface area (Å²) < 4.78 is 0. The lowest BCUT2D eigenvalue weighted by molar-refractivity contribution is 0.582. The Morgan fingerprint density at radius 1 is 1.36 bits per heavy atom. The molecule has 0 aliphatic heterocycles. The monoisotopic (exact) mass is 150 g/mol. The lowest BCUT2D eigenvalue weighted by Crippen LogP contribution is -2.36. The third-order valence-corrected chi connectivity index (χ3v) is 1.67. The molecule has 0 saturated carbocycles.